The number of rotatable bonds is 7. The summed E-state index contributed by atoms with van der Waals surface area (Å²) in [5.41, 5.74) is -0.0900. The van der Waals surface area contributed by atoms with Gasteiger partial charge in [-0.3, -0.25) is 9.59 Å². The molecule has 1 N–H and O–H groups in total. The fourth-order valence-corrected chi connectivity index (χ4v) is 5.12. The van der Waals surface area contributed by atoms with Gasteiger partial charge >= 0.3 is 6.18 Å². The van der Waals surface area contributed by atoms with Gasteiger partial charge in [-0.15, -0.1) is 0 Å². The van der Waals surface area contributed by atoms with Crippen LogP contribution in [-0.2, 0) is 15.8 Å². The van der Waals surface area contributed by atoms with Crippen LogP contribution in [0.3, 0.4) is 0 Å². The number of nitrogens with one attached hydrogen (secondary N) is 1. The Kier molecular flexibility index (Phi) is 8.03. The second kappa shape index (κ2) is 10.5. The van der Waals surface area contributed by atoms with Crippen LogP contribution in [0.25, 0.3) is 0 Å². The van der Waals surface area contributed by atoms with Crippen molar-refractivity contribution in [3.8, 4) is 6.07 Å². The maximum atomic E-state index is 14.0. The molecule has 1 aliphatic rings. The van der Waals surface area contributed by atoms with E-state index in [9.17, 15) is 28.0 Å². The molecule has 3 rings (SSSR count). The number of nitriles is 1. The molecule has 0 bridgehead atoms. The summed E-state index contributed by atoms with van der Waals surface area (Å²) in [6.07, 6.45) is -4.68. The van der Waals surface area contributed by atoms with Crippen molar-refractivity contribution in [2.45, 2.75) is 53.8 Å². The van der Waals surface area contributed by atoms with Gasteiger partial charge in [-0.2, -0.15) is 18.4 Å². The predicted octanol–water partition coefficient (Wildman–Crippen LogP) is 5.53. The van der Waals surface area contributed by atoms with Crippen molar-refractivity contribution in [2.75, 3.05) is 29.9 Å². The van der Waals surface area contributed by atoms with Crippen LogP contribution in [-0.4, -0.2) is 42.4 Å². The summed E-state index contributed by atoms with van der Waals surface area (Å²) in [5, 5.41) is 11.9. The second-order valence-corrected chi connectivity index (χ2v) is 10.1. The monoisotopic (exact) mass is 514 g/mol. The zero-order valence-corrected chi connectivity index (χ0v) is 22.0. The lowest BCUT2D eigenvalue weighted by Crippen LogP contribution is -2.52. The molecule has 1 saturated heterocycles. The number of amides is 2. The first-order valence-corrected chi connectivity index (χ1v) is 12.3. The van der Waals surface area contributed by atoms with E-state index in [0.717, 1.165) is 28.9 Å². The first-order chi connectivity index (χ1) is 17.2. The van der Waals surface area contributed by atoms with Crippen LogP contribution in [0.4, 0.5) is 24.5 Å². The van der Waals surface area contributed by atoms with Crippen molar-refractivity contribution >= 4 is 23.2 Å². The summed E-state index contributed by atoms with van der Waals surface area (Å²) in [5.74, 6) is -1.50. The molecule has 2 atom stereocenters. The molecule has 2 aromatic carbocycles. The van der Waals surface area contributed by atoms with Crippen molar-refractivity contribution in [2.24, 2.45) is 11.3 Å². The second-order valence-electron chi connectivity index (χ2n) is 10.1. The highest BCUT2D eigenvalue weighted by Gasteiger charge is 2.56. The van der Waals surface area contributed by atoms with Crippen LogP contribution < -0.4 is 10.2 Å². The zero-order valence-electron chi connectivity index (χ0n) is 22.0. The van der Waals surface area contributed by atoms with Crippen LogP contribution in [0.15, 0.2) is 36.4 Å². The van der Waals surface area contributed by atoms with E-state index in [1.807, 2.05) is 52.8 Å². The minimum Gasteiger partial charge on any atom is -0.325 e. The summed E-state index contributed by atoms with van der Waals surface area (Å²) in [4.78, 5) is 31.3. The summed E-state index contributed by atoms with van der Waals surface area (Å²) >= 11 is 0. The van der Waals surface area contributed by atoms with Crippen LogP contribution >= 0.6 is 0 Å². The van der Waals surface area contributed by atoms with Gasteiger partial charge in [-0.05, 0) is 63.6 Å². The van der Waals surface area contributed by atoms with Gasteiger partial charge < -0.3 is 15.1 Å². The van der Waals surface area contributed by atoms with Gasteiger partial charge in [0.1, 0.15) is 0 Å². The number of carbonyl (C=O) groups excluding carboxylic acids is 2. The van der Waals surface area contributed by atoms with Gasteiger partial charge in [0.05, 0.1) is 28.5 Å². The third-order valence-electron chi connectivity index (χ3n) is 7.34. The molecule has 1 fully saturated rings. The van der Waals surface area contributed by atoms with Crippen molar-refractivity contribution in [3.63, 3.8) is 0 Å². The molecule has 0 spiro atoms. The molecule has 2 aromatic rings. The van der Waals surface area contributed by atoms with Gasteiger partial charge in [0.2, 0.25) is 11.8 Å². The van der Waals surface area contributed by atoms with Crippen LogP contribution in [0.5, 0.6) is 0 Å². The lowest BCUT2D eigenvalue weighted by molar-refractivity contribution is -0.137. The van der Waals surface area contributed by atoms with Crippen LogP contribution in [0.1, 0.15) is 49.9 Å². The predicted molar refractivity (Wildman–Crippen MR) is 137 cm³/mol. The Labute approximate surface area is 216 Å². The molecule has 9 heteroatoms. The molecule has 1 heterocycles. The fraction of sp³-hybridized carbons (Fsp3) is 0.464. The Morgan fingerprint density at radius 2 is 1.86 bits per heavy atom. The minimum absolute atomic E-state index is 0.0740. The van der Waals surface area contributed by atoms with E-state index in [2.05, 4.69) is 10.2 Å². The number of alkyl halides is 3. The maximum Gasteiger partial charge on any atom is 0.416 e. The largest absolute Gasteiger partial charge is 0.416 e. The molecule has 0 radical (unpaired) electrons. The van der Waals surface area contributed by atoms with Gasteiger partial charge in [0, 0.05) is 30.5 Å². The van der Waals surface area contributed by atoms with Crippen LogP contribution in [0, 0.1) is 36.5 Å². The van der Waals surface area contributed by atoms with Crippen LogP contribution in [0.2, 0.25) is 0 Å². The third-order valence-corrected chi connectivity index (χ3v) is 7.34. The van der Waals surface area contributed by atoms with Crippen molar-refractivity contribution in [1.29, 1.82) is 5.26 Å². The standard InChI is InChI=1S/C28H33F3N4O2/c1-7-34(17(2)3)15-27(16-35(25(36)20(27)6)24-18(4)9-8-10-19(24)5)26(37)33-23-12-21(14-32)11-22(13-23)28(29,30)31/h8-13,17,20H,7,15-16H2,1-6H3,(H,33,37). The Morgan fingerprint density at radius 3 is 2.38 bits per heavy atom. The van der Waals surface area contributed by atoms with E-state index < -0.39 is 29.0 Å². The van der Waals surface area contributed by atoms with E-state index in [-0.39, 0.29) is 36.3 Å². The molecule has 1 aliphatic heterocycles. The molecule has 0 aromatic heterocycles. The minimum atomic E-state index is -4.68. The summed E-state index contributed by atoms with van der Waals surface area (Å²) in [6, 6.07) is 10.3. The Hall–Kier alpha value is -3.38. The van der Waals surface area contributed by atoms with Gasteiger partial charge in [-0.25, -0.2) is 0 Å². The molecule has 6 nitrogen and oxygen atoms in total. The summed E-state index contributed by atoms with van der Waals surface area (Å²) in [6.45, 7) is 12.4. The number of aryl methyl sites for hydroxylation is 2. The molecule has 2 unspecified atom stereocenters. The molecule has 37 heavy (non-hydrogen) atoms. The smallest absolute Gasteiger partial charge is 0.325 e. The van der Waals surface area contributed by atoms with E-state index in [4.69, 9.17) is 0 Å². The average molecular weight is 515 g/mol. The Morgan fingerprint density at radius 1 is 1.24 bits per heavy atom. The zero-order chi connectivity index (χ0) is 27.7. The van der Waals surface area contributed by atoms with E-state index >= 15 is 0 Å². The van der Waals surface area contributed by atoms with E-state index in [1.54, 1.807) is 17.9 Å². The van der Waals surface area contributed by atoms with E-state index in [0.29, 0.717) is 6.54 Å². The lowest BCUT2D eigenvalue weighted by atomic mass is 9.76. The number of para-hydroxylation sites is 1. The molecule has 0 aliphatic carbocycles. The van der Waals surface area contributed by atoms with Crippen molar-refractivity contribution in [1.82, 2.24) is 4.90 Å². The van der Waals surface area contributed by atoms with E-state index in [1.165, 1.54) is 6.07 Å². The topological polar surface area (TPSA) is 76.4 Å². The lowest BCUT2D eigenvalue weighted by Gasteiger charge is -2.37. The van der Waals surface area contributed by atoms with Crippen molar-refractivity contribution in [3.05, 3.63) is 58.7 Å². The number of hydrogen-bond donors (Lipinski definition) is 1. The average Bonchev–Trinajstić information content (AvgIpc) is 3.07. The highest BCUT2D eigenvalue weighted by Crippen LogP contribution is 2.43. The summed E-state index contributed by atoms with van der Waals surface area (Å²) in [7, 11) is 0. The molecule has 2 amide bonds. The number of benzene rings is 2. The van der Waals surface area contributed by atoms with Gasteiger partial charge in [-0.1, -0.05) is 32.0 Å². The Bertz CT molecular complexity index is 1210. The Balaban J connectivity index is 2.10. The van der Waals surface area contributed by atoms with Gasteiger partial charge in [0.25, 0.3) is 0 Å². The third kappa shape index (κ3) is 5.49. The van der Waals surface area contributed by atoms with Gasteiger partial charge in [0.15, 0.2) is 0 Å². The number of hydrogen-bond acceptors (Lipinski definition) is 4. The molecular formula is C28H33F3N4O2. The number of nitrogens with zero attached hydrogens (tertiary/aromatic N) is 3. The SMILES string of the molecule is CCN(CC1(C(=O)Nc2cc(C#N)cc(C(F)(F)F)c2)CN(c2c(C)cccc2C)C(=O)C1C)C(C)C. The molecular weight excluding hydrogens is 481 g/mol. The quantitative estimate of drug-likeness (QED) is 0.527. The number of halogens is 3. The summed E-state index contributed by atoms with van der Waals surface area (Å²) < 4.78 is 40.4. The van der Waals surface area contributed by atoms with Crippen molar-refractivity contribution < 1.29 is 22.8 Å². The highest BCUT2D eigenvalue weighted by molar-refractivity contribution is 6.08. The normalized spacial score (nSPS) is 20.0. The fourth-order valence-electron chi connectivity index (χ4n) is 5.12. The first kappa shape index (κ1) is 28.2. The number of carbonyl (C=O) groups is 2. The first-order valence-electron chi connectivity index (χ1n) is 12.3. The maximum absolute atomic E-state index is 14.0. The number of anilines is 2. The highest BCUT2D eigenvalue weighted by atomic mass is 19.4. The molecule has 0 saturated carbocycles. The molecule has 198 valence electrons.